The Bertz CT molecular complexity index is 1310. The smallest absolute Gasteiger partial charge is 0.243 e. The number of phenols is 1. The van der Waals surface area contributed by atoms with Gasteiger partial charge in [-0.05, 0) is 46.9 Å². The minimum absolute atomic E-state index is 0.108. The summed E-state index contributed by atoms with van der Waals surface area (Å²) in [5.41, 5.74) is 13.2. The highest BCUT2D eigenvalue weighted by Crippen LogP contribution is 2.20. The maximum Gasteiger partial charge on any atom is 0.243 e. The number of nitrogens with two attached hydrogens (primary N) is 2. The molecule has 0 unspecified atom stereocenters. The maximum absolute atomic E-state index is 12.8. The first kappa shape index (κ1) is 29.1. The number of benzene rings is 3. The van der Waals surface area contributed by atoms with Crippen LogP contribution in [0.25, 0.3) is 10.8 Å². The molecule has 0 radical (unpaired) electrons. The Balaban J connectivity index is 1.54. The van der Waals surface area contributed by atoms with Crippen molar-refractivity contribution >= 4 is 34.4 Å². The van der Waals surface area contributed by atoms with Crippen LogP contribution in [0.15, 0.2) is 66.7 Å². The van der Waals surface area contributed by atoms with Crippen molar-refractivity contribution in [2.75, 3.05) is 6.54 Å². The van der Waals surface area contributed by atoms with E-state index in [-0.39, 0.29) is 18.6 Å². The Morgan fingerprint density at radius 1 is 0.846 bits per heavy atom. The van der Waals surface area contributed by atoms with Crippen LogP contribution in [0.4, 0.5) is 0 Å². The van der Waals surface area contributed by atoms with Gasteiger partial charge in [-0.1, -0.05) is 67.9 Å². The lowest BCUT2D eigenvalue weighted by molar-refractivity contribution is -0.131. The molecule has 0 aliphatic carbocycles. The molecule has 0 saturated carbocycles. The summed E-state index contributed by atoms with van der Waals surface area (Å²) in [6.07, 6.45) is 1.37. The second-order valence-corrected chi connectivity index (χ2v) is 9.41. The van der Waals surface area contributed by atoms with Crippen LogP contribution in [0.3, 0.4) is 0 Å². The third-order valence-electron chi connectivity index (χ3n) is 6.34. The lowest BCUT2D eigenvalue weighted by Gasteiger charge is -2.21. The molecule has 10 nitrogen and oxygen atoms in total. The monoisotopic (exact) mass is 533 g/mol. The number of nitrogens with one attached hydrogen (secondary N) is 3. The number of amides is 4. The van der Waals surface area contributed by atoms with E-state index in [2.05, 4.69) is 16.0 Å². The Hall–Kier alpha value is -4.44. The minimum atomic E-state index is -0.968. The number of hydrogen-bond acceptors (Lipinski definition) is 6. The molecule has 3 aromatic carbocycles. The van der Waals surface area contributed by atoms with E-state index in [4.69, 9.17) is 11.5 Å². The molecule has 4 amide bonds. The predicted octanol–water partition coefficient (Wildman–Crippen LogP) is 1.03. The molecule has 39 heavy (non-hydrogen) atoms. The van der Waals surface area contributed by atoms with Crippen molar-refractivity contribution < 1.29 is 24.3 Å². The van der Waals surface area contributed by atoms with Gasteiger partial charge in [0.25, 0.3) is 0 Å². The fourth-order valence-electron chi connectivity index (χ4n) is 4.26. The highest BCUT2D eigenvalue weighted by molar-refractivity contribution is 5.93. The summed E-state index contributed by atoms with van der Waals surface area (Å²) in [6, 6.07) is 17.0. The van der Waals surface area contributed by atoms with E-state index in [1.165, 1.54) is 12.1 Å². The largest absolute Gasteiger partial charge is 0.508 e. The maximum atomic E-state index is 12.8. The van der Waals surface area contributed by atoms with Crippen molar-refractivity contribution in [3.8, 4) is 5.75 Å². The minimum Gasteiger partial charge on any atom is -0.508 e. The van der Waals surface area contributed by atoms with Crippen molar-refractivity contribution in [1.82, 2.24) is 16.0 Å². The van der Waals surface area contributed by atoms with E-state index < -0.39 is 48.3 Å². The van der Waals surface area contributed by atoms with Crippen molar-refractivity contribution in [2.24, 2.45) is 11.5 Å². The zero-order chi connectivity index (χ0) is 28.4. The van der Waals surface area contributed by atoms with Crippen molar-refractivity contribution in [1.29, 1.82) is 0 Å². The molecule has 0 saturated heterocycles. The molecule has 0 aliphatic heterocycles. The van der Waals surface area contributed by atoms with Gasteiger partial charge in [0.2, 0.25) is 23.6 Å². The predicted molar refractivity (Wildman–Crippen MR) is 148 cm³/mol. The SMILES string of the molecule is CCC[C@@H](NC(=O)[C@@H](N)Cc1ccc(O)cc1)C(=O)NCC(=O)N[C@@H](Cc1cccc2ccccc12)C(N)=O. The normalized spacial score (nSPS) is 13.2. The summed E-state index contributed by atoms with van der Waals surface area (Å²) in [6.45, 7) is 1.47. The van der Waals surface area contributed by atoms with Gasteiger partial charge in [0.05, 0.1) is 12.6 Å². The summed E-state index contributed by atoms with van der Waals surface area (Å²) in [5.74, 6) is -2.22. The van der Waals surface area contributed by atoms with Gasteiger partial charge >= 0.3 is 0 Å². The summed E-state index contributed by atoms with van der Waals surface area (Å²) in [7, 11) is 0. The number of aromatic hydroxyl groups is 1. The van der Waals surface area contributed by atoms with E-state index in [0.29, 0.717) is 12.8 Å². The van der Waals surface area contributed by atoms with E-state index in [0.717, 1.165) is 21.9 Å². The molecule has 8 N–H and O–H groups in total. The average molecular weight is 534 g/mol. The van der Waals surface area contributed by atoms with E-state index in [9.17, 15) is 24.3 Å². The molecule has 206 valence electrons. The Labute approximate surface area is 227 Å². The van der Waals surface area contributed by atoms with Crippen LogP contribution >= 0.6 is 0 Å². The van der Waals surface area contributed by atoms with Crippen molar-refractivity contribution in [3.05, 3.63) is 77.9 Å². The van der Waals surface area contributed by atoms with Crippen LogP contribution in [-0.2, 0) is 32.0 Å². The zero-order valence-corrected chi connectivity index (χ0v) is 21.9. The van der Waals surface area contributed by atoms with Crippen LogP contribution in [0.5, 0.6) is 5.75 Å². The first-order valence-corrected chi connectivity index (χ1v) is 12.8. The first-order chi connectivity index (χ1) is 18.7. The molecule has 0 bridgehead atoms. The Morgan fingerprint density at radius 2 is 1.54 bits per heavy atom. The standard InChI is InChI=1S/C29H35N5O5/c1-2-6-24(34-28(38)23(30)15-18-11-13-21(35)14-12-18)29(39)32-17-26(36)33-25(27(31)37)16-20-9-5-8-19-7-3-4-10-22(19)20/h3-5,7-14,23-25,35H,2,6,15-17,30H2,1H3,(H2,31,37)(H,32,39)(H,33,36)(H,34,38)/t23-,24+,25-/m0/s1. The highest BCUT2D eigenvalue weighted by atomic mass is 16.3. The van der Waals surface area contributed by atoms with Gasteiger partial charge in [-0.2, -0.15) is 0 Å². The van der Waals surface area contributed by atoms with Gasteiger partial charge in [0.15, 0.2) is 0 Å². The molecule has 0 fully saturated rings. The lowest BCUT2D eigenvalue weighted by Crippen LogP contribution is -2.54. The highest BCUT2D eigenvalue weighted by Gasteiger charge is 2.25. The van der Waals surface area contributed by atoms with Gasteiger partial charge < -0.3 is 32.5 Å². The van der Waals surface area contributed by atoms with Gasteiger partial charge in [-0.3, -0.25) is 19.2 Å². The average Bonchev–Trinajstić information content (AvgIpc) is 2.92. The van der Waals surface area contributed by atoms with Crippen LogP contribution in [0, 0.1) is 0 Å². The third-order valence-corrected chi connectivity index (χ3v) is 6.34. The molecular formula is C29H35N5O5. The number of carbonyl (C=O) groups is 4. The fraction of sp³-hybridized carbons (Fsp3) is 0.310. The quantitative estimate of drug-likeness (QED) is 0.191. The van der Waals surface area contributed by atoms with E-state index in [1.807, 2.05) is 49.4 Å². The van der Waals surface area contributed by atoms with Gasteiger partial charge in [-0.25, -0.2) is 0 Å². The number of hydrogen-bond donors (Lipinski definition) is 6. The first-order valence-electron chi connectivity index (χ1n) is 12.8. The molecule has 0 heterocycles. The van der Waals surface area contributed by atoms with Crippen molar-refractivity contribution in [2.45, 2.75) is 50.7 Å². The third kappa shape index (κ3) is 8.54. The molecular weight excluding hydrogens is 498 g/mol. The van der Waals surface area contributed by atoms with Crippen LogP contribution in [0.2, 0.25) is 0 Å². The van der Waals surface area contributed by atoms with Gasteiger partial charge in [0.1, 0.15) is 17.8 Å². The summed E-state index contributed by atoms with van der Waals surface area (Å²) < 4.78 is 0. The molecule has 3 aromatic rings. The van der Waals surface area contributed by atoms with E-state index in [1.54, 1.807) is 12.1 Å². The van der Waals surface area contributed by atoms with Crippen LogP contribution < -0.4 is 27.4 Å². The second-order valence-electron chi connectivity index (χ2n) is 9.41. The number of fused-ring (bicyclic) bond motifs is 1. The van der Waals surface area contributed by atoms with Crippen molar-refractivity contribution in [3.63, 3.8) is 0 Å². The second kappa shape index (κ2) is 13.9. The molecule has 10 heteroatoms. The Morgan fingerprint density at radius 3 is 2.23 bits per heavy atom. The molecule has 3 atom stereocenters. The summed E-state index contributed by atoms with van der Waals surface area (Å²) in [5, 5.41) is 19.1. The number of phenolic OH excluding ortho intramolecular Hbond substituents is 1. The van der Waals surface area contributed by atoms with Gasteiger partial charge in [-0.15, -0.1) is 0 Å². The molecule has 0 spiro atoms. The summed E-state index contributed by atoms with van der Waals surface area (Å²) in [4.78, 5) is 50.1. The van der Waals surface area contributed by atoms with Gasteiger partial charge in [0, 0.05) is 6.42 Å². The fourth-order valence-corrected chi connectivity index (χ4v) is 4.26. The number of rotatable bonds is 13. The Kier molecular flexibility index (Phi) is 10.4. The molecule has 0 aliphatic rings. The molecule has 0 aromatic heterocycles. The summed E-state index contributed by atoms with van der Waals surface area (Å²) >= 11 is 0. The topological polar surface area (TPSA) is 177 Å². The molecule has 3 rings (SSSR count). The van der Waals surface area contributed by atoms with E-state index >= 15 is 0 Å². The van der Waals surface area contributed by atoms with Crippen LogP contribution in [-0.4, -0.2) is 53.4 Å². The van der Waals surface area contributed by atoms with Crippen LogP contribution in [0.1, 0.15) is 30.9 Å². The number of primary amides is 1. The number of carbonyl (C=O) groups excluding carboxylic acids is 4. The zero-order valence-electron chi connectivity index (χ0n) is 21.9. The lowest BCUT2D eigenvalue weighted by atomic mass is 9.98.